The summed E-state index contributed by atoms with van der Waals surface area (Å²) < 4.78 is 0. The average molecular weight is 373 g/mol. The lowest BCUT2D eigenvalue weighted by atomic mass is 9.73. The first-order valence-corrected chi connectivity index (χ1v) is 9.36. The van der Waals surface area contributed by atoms with Crippen LogP contribution in [-0.2, 0) is 16.1 Å². The Balaban J connectivity index is 1.57. The molecule has 8 heteroatoms. The molecule has 0 radical (unpaired) electrons. The van der Waals surface area contributed by atoms with Gasteiger partial charge < -0.3 is 15.5 Å². The minimum absolute atomic E-state index is 0.0806. The Kier molecular flexibility index (Phi) is 5.34. The maximum absolute atomic E-state index is 12.9. The number of hydrogen-bond acceptors (Lipinski definition) is 5. The lowest BCUT2D eigenvalue weighted by molar-refractivity contribution is -0.137. The normalized spacial score (nSPS) is 24.9. The van der Waals surface area contributed by atoms with Gasteiger partial charge in [-0.1, -0.05) is 25.8 Å². The first-order valence-electron chi connectivity index (χ1n) is 9.36. The Morgan fingerprint density at radius 2 is 2.15 bits per heavy atom. The van der Waals surface area contributed by atoms with Crippen molar-refractivity contribution in [3.63, 3.8) is 0 Å². The molecule has 3 rings (SSSR count). The van der Waals surface area contributed by atoms with E-state index in [2.05, 4.69) is 15.6 Å². The van der Waals surface area contributed by atoms with Crippen molar-refractivity contribution in [2.75, 3.05) is 25.5 Å². The van der Waals surface area contributed by atoms with Gasteiger partial charge in [0.1, 0.15) is 17.9 Å². The average Bonchev–Trinajstić information content (AvgIpc) is 2.88. The lowest BCUT2D eigenvalue weighted by Gasteiger charge is -2.36. The van der Waals surface area contributed by atoms with Crippen molar-refractivity contribution in [2.45, 2.75) is 44.7 Å². The molecule has 0 aromatic carbocycles. The highest BCUT2D eigenvalue weighted by Crippen LogP contribution is 2.38. The molecule has 27 heavy (non-hydrogen) atoms. The molecule has 2 fully saturated rings. The van der Waals surface area contributed by atoms with Crippen LogP contribution >= 0.6 is 0 Å². The number of urea groups is 1. The SMILES string of the molecule is CC1CCCCC12NC(=O)N(CC(=O)NCc1ccc(N(C)C)nc1)C2=O. The first-order chi connectivity index (χ1) is 12.8. The molecule has 0 bridgehead atoms. The highest BCUT2D eigenvalue weighted by molar-refractivity contribution is 6.09. The fraction of sp³-hybridized carbons (Fsp3) is 0.579. The molecule has 2 heterocycles. The van der Waals surface area contributed by atoms with Gasteiger partial charge in [0.2, 0.25) is 5.91 Å². The van der Waals surface area contributed by atoms with Gasteiger partial charge in [-0.15, -0.1) is 0 Å². The molecular formula is C19H27N5O3. The van der Waals surface area contributed by atoms with Crippen LogP contribution in [0.3, 0.4) is 0 Å². The van der Waals surface area contributed by atoms with E-state index in [4.69, 9.17) is 0 Å². The predicted octanol–water partition coefficient (Wildman–Crippen LogP) is 1.26. The van der Waals surface area contributed by atoms with Gasteiger partial charge in [0, 0.05) is 26.8 Å². The lowest BCUT2D eigenvalue weighted by Crippen LogP contribution is -2.54. The van der Waals surface area contributed by atoms with Crippen LogP contribution in [0.5, 0.6) is 0 Å². The molecular weight excluding hydrogens is 346 g/mol. The quantitative estimate of drug-likeness (QED) is 0.758. The zero-order valence-corrected chi connectivity index (χ0v) is 16.1. The van der Waals surface area contributed by atoms with E-state index in [1.807, 2.05) is 38.1 Å². The van der Waals surface area contributed by atoms with Gasteiger partial charge in [-0.05, 0) is 30.4 Å². The third kappa shape index (κ3) is 3.74. The van der Waals surface area contributed by atoms with E-state index >= 15 is 0 Å². The van der Waals surface area contributed by atoms with Crippen molar-refractivity contribution in [3.05, 3.63) is 23.9 Å². The van der Waals surface area contributed by atoms with Crippen molar-refractivity contribution in [2.24, 2.45) is 5.92 Å². The molecule has 2 atom stereocenters. The number of aromatic nitrogens is 1. The predicted molar refractivity (Wildman–Crippen MR) is 101 cm³/mol. The highest BCUT2D eigenvalue weighted by Gasteiger charge is 2.55. The summed E-state index contributed by atoms with van der Waals surface area (Å²) in [6.45, 7) is 2.03. The van der Waals surface area contributed by atoms with Crippen molar-refractivity contribution in [3.8, 4) is 0 Å². The third-order valence-electron chi connectivity index (χ3n) is 5.56. The Bertz CT molecular complexity index is 733. The summed E-state index contributed by atoms with van der Waals surface area (Å²) in [6.07, 6.45) is 5.21. The van der Waals surface area contributed by atoms with Crippen LogP contribution in [-0.4, -0.2) is 53.9 Å². The molecule has 1 spiro atoms. The molecule has 1 saturated heterocycles. The summed E-state index contributed by atoms with van der Waals surface area (Å²) >= 11 is 0. The second-order valence-electron chi connectivity index (χ2n) is 7.64. The topological polar surface area (TPSA) is 94.6 Å². The van der Waals surface area contributed by atoms with Crippen LogP contribution < -0.4 is 15.5 Å². The van der Waals surface area contributed by atoms with Crippen molar-refractivity contribution in [1.29, 1.82) is 0 Å². The summed E-state index contributed by atoms with van der Waals surface area (Å²) in [5, 5.41) is 5.61. The van der Waals surface area contributed by atoms with E-state index in [1.165, 1.54) is 0 Å². The molecule has 146 valence electrons. The highest BCUT2D eigenvalue weighted by atomic mass is 16.2. The van der Waals surface area contributed by atoms with Crippen LogP contribution in [0.2, 0.25) is 0 Å². The zero-order valence-electron chi connectivity index (χ0n) is 16.1. The summed E-state index contributed by atoms with van der Waals surface area (Å²) in [6, 6.07) is 3.28. The number of anilines is 1. The number of pyridine rings is 1. The summed E-state index contributed by atoms with van der Waals surface area (Å²) in [5.74, 6) is 0.274. The molecule has 1 aliphatic carbocycles. The van der Waals surface area contributed by atoms with Gasteiger partial charge >= 0.3 is 6.03 Å². The number of amides is 4. The second-order valence-corrected chi connectivity index (χ2v) is 7.64. The molecule has 1 aliphatic heterocycles. The van der Waals surface area contributed by atoms with Crippen LogP contribution in [0.25, 0.3) is 0 Å². The minimum atomic E-state index is -0.832. The monoisotopic (exact) mass is 373 g/mol. The van der Waals surface area contributed by atoms with Crippen molar-refractivity contribution >= 4 is 23.7 Å². The van der Waals surface area contributed by atoms with Gasteiger partial charge in [-0.2, -0.15) is 0 Å². The van der Waals surface area contributed by atoms with E-state index in [-0.39, 0.29) is 24.3 Å². The maximum Gasteiger partial charge on any atom is 0.325 e. The van der Waals surface area contributed by atoms with E-state index in [9.17, 15) is 14.4 Å². The standard InChI is InChI=1S/C19H27N5O3/c1-13-6-4-5-9-19(13)17(26)24(18(27)22-19)12-16(25)21-11-14-7-8-15(20-10-14)23(2)3/h7-8,10,13H,4-6,9,11-12H2,1-3H3,(H,21,25)(H,22,27). The van der Waals surface area contributed by atoms with Crippen molar-refractivity contribution in [1.82, 2.24) is 20.5 Å². The minimum Gasteiger partial charge on any atom is -0.363 e. The van der Waals surface area contributed by atoms with Crippen molar-refractivity contribution < 1.29 is 14.4 Å². The first kappa shape index (κ1) is 19.1. The zero-order chi connectivity index (χ0) is 19.6. The van der Waals surface area contributed by atoms with Gasteiger partial charge in [-0.25, -0.2) is 9.78 Å². The smallest absolute Gasteiger partial charge is 0.325 e. The maximum atomic E-state index is 12.9. The van der Waals surface area contributed by atoms with Gasteiger partial charge in [0.25, 0.3) is 5.91 Å². The van der Waals surface area contributed by atoms with Crippen LogP contribution in [0, 0.1) is 5.92 Å². The second kappa shape index (κ2) is 7.54. The molecule has 8 nitrogen and oxygen atoms in total. The molecule has 1 saturated carbocycles. The van der Waals surface area contributed by atoms with E-state index in [0.29, 0.717) is 13.0 Å². The Morgan fingerprint density at radius 1 is 1.37 bits per heavy atom. The molecule has 1 aromatic rings. The largest absolute Gasteiger partial charge is 0.363 e. The summed E-state index contributed by atoms with van der Waals surface area (Å²) in [4.78, 5) is 44.7. The molecule has 2 unspecified atom stereocenters. The third-order valence-corrected chi connectivity index (χ3v) is 5.56. The van der Waals surface area contributed by atoms with Gasteiger partial charge in [0.05, 0.1) is 0 Å². The Hall–Kier alpha value is -2.64. The number of carbonyl (C=O) groups excluding carboxylic acids is 3. The summed E-state index contributed by atoms with van der Waals surface area (Å²) in [7, 11) is 3.81. The fourth-order valence-corrected chi connectivity index (χ4v) is 3.82. The number of nitrogens with zero attached hydrogens (tertiary/aromatic N) is 3. The molecule has 2 aliphatic rings. The number of hydrogen-bond donors (Lipinski definition) is 2. The van der Waals surface area contributed by atoms with E-state index in [1.54, 1.807) is 6.20 Å². The van der Waals surface area contributed by atoms with Crippen LogP contribution in [0.15, 0.2) is 18.3 Å². The van der Waals surface area contributed by atoms with Gasteiger partial charge in [0.15, 0.2) is 0 Å². The number of rotatable bonds is 5. The van der Waals surface area contributed by atoms with Gasteiger partial charge in [-0.3, -0.25) is 14.5 Å². The van der Waals surface area contributed by atoms with Crippen LogP contribution in [0.1, 0.15) is 38.2 Å². The van der Waals surface area contributed by atoms with E-state index < -0.39 is 11.6 Å². The molecule has 4 amide bonds. The Labute approximate surface area is 159 Å². The van der Waals surface area contributed by atoms with E-state index in [0.717, 1.165) is 35.5 Å². The fourth-order valence-electron chi connectivity index (χ4n) is 3.82. The molecule has 1 aromatic heterocycles. The van der Waals surface area contributed by atoms with Crippen LogP contribution in [0.4, 0.5) is 10.6 Å². The number of imide groups is 1. The number of carbonyl (C=O) groups is 3. The summed E-state index contributed by atoms with van der Waals surface area (Å²) in [5.41, 5.74) is 0.0187. The molecule has 2 N–H and O–H groups in total. The Morgan fingerprint density at radius 3 is 2.78 bits per heavy atom. The number of nitrogens with one attached hydrogen (secondary N) is 2.